The van der Waals surface area contributed by atoms with Gasteiger partial charge in [-0.05, 0) is 49.2 Å². The number of carbonyl (C=O) groups excluding carboxylic acids is 1. The van der Waals surface area contributed by atoms with Crippen LogP contribution in [-0.4, -0.2) is 47.2 Å². The molecule has 1 saturated heterocycles. The lowest BCUT2D eigenvalue weighted by atomic mass is 10.2. The van der Waals surface area contributed by atoms with E-state index in [9.17, 15) is 13.2 Å². The Balaban J connectivity index is 1.53. The van der Waals surface area contributed by atoms with Crippen molar-refractivity contribution >= 4 is 21.6 Å². The lowest BCUT2D eigenvalue weighted by molar-refractivity contribution is -0.123. The van der Waals surface area contributed by atoms with E-state index in [1.165, 1.54) is 11.4 Å². The van der Waals surface area contributed by atoms with Crippen LogP contribution in [0.2, 0.25) is 0 Å². The van der Waals surface area contributed by atoms with Gasteiger partial charge in [-0.25, -0.2) is 8.42 Å². The summed E-state index contributed by atoms with van der Waals surface area (Å²) in [5, 5.41) is 2.79. The first kappa shape index (κ1) is 20.2. The molecule has 0 spiro atoms. The summed E-state index contributed by atoms with van der Waals surface area (Å²) in [6.07, 6.45) is 2.07. The highest BCUT2D eigenvalue weighted by Crippen LogP contribution is 2.24. The van der Waals surface area contributed by atoms with E-state index in [2.05, 4.69) is 5.32 Å². The normalized spacial score (nSPS) is 16.5. The number of amides is 1. The van der Waals surface area contributed by atoms with Crippen molar-refractivity contribution < 1.29 is 22.7 Å². The van der Waals surface area contributed by atoms with Gasteiger partial charge in [-0.15, -0.1) is 0 Å². The molecule has 0 aliphatic carbocycles. The molecule has 1 aliphatic heterocycles. The Kier molecular flexibility index (Phi) is 6.53. The van der Waals surface area contributed by atoms with Crippen molar-refractivity contribution in [2.75, 3.05) is 31.1 Å². The first-order valence-corrected chi connectivity index (χ1v) is 10.6. The number of anilines is 1. The van der Waals surface area contributed by atoms with Gasteiger partial charge in [-0.2, -0.15) is 0 Å². The molecule has 0 unspecified atom stereocenters. The fraction of sp³-hybridized carbons (Fsp3) is 0.350. The van der Waals surface area contributed by atoms with Crippen LogP contribution in [0.25, 0.3) is 0 Å². The number of hydrogen-bond donors (Lipinski definition) is 1. The van der Waals surface area contributed by atoms with Gasteiger partial charge in [-0.3, -0.25) is 9.10 Å². The fourth-order valence-electron chi connectivity index (χ4n) is 2.87. The van der Waals surface area contributed by atoms with Crippen molar-refractivity contribution in [2.45, 2.75) is 23.8 Å². The fourth-order valence-corrected chi connectivity index (χ4v) is 4.09. The molecule has 1 N–H and O–H groups in total. The van der Waals surface area contributed by atoms with Gasteiger partial charge >= 0.3 is 0 Å². The highest BCUT2D eigenvalue weighted by molar-refractivity contribution is 7.92. The summed E-state index contributed by atoms with van der Waals surface area (Å²) >= 11 is 0. The van der Waals surface area contributed by atoms with E-state index in [1.807, 2.05) is 0 Å². The third kappa shape index (κ3) is 5.02. The lowest BCUT2D eigenvalue weighted by Gasteiger charge is -2.19. The van der Waals surface area contributed by atoms with Crippen LogP contribution in [0.3, 0.4) is 0 Å². The topological polar surface area (TPSA) is 84.9 Å². The molecule has 0 aromatic heterocycles. The summed E-state index contributed by atoms with van der Waals surface area (Å²) < 4.78 is 37.4. The minimum atomic E-state index is -3.63. The van der Waals surface area contributed by atoms with Gasteiger partial charge in [0.2, 0.25) is 0 Å². The van der Waals surface area contributed by atoms with E-state index in [0.29, 0.717) is 18.0 Å². The van der Waals surface area contributed by atoms with Gasteiger partial charge < -0.3 is 14.8 Å². The van der Waals surface area contributed by atoms with Gasteiger partial charge in [0.25, 0.3) is 15.9 Å². The van der Waals surface area contributed by atoms with E-state index in [-0.39, 0.29) is 23.5 Å². The molecular formula is C20H24N2O5S. The average Bonchev–Trinajstić information content (AvgIpc) is 3.25. The van der Waals surface area contributed by atoms with Gasteiger partial charge in [0.1, 0.15) is 5.75 Å². The van der Waals surface area contributed by atoms with Crippen LogP contribution in [0.4, 0.5) is 5.69 Å². The lowest BCUT2D eigenvalue weighted by Crippen LogP contribution is -2.35. The molecule has 1 fully saturated rings. The first-order chi connectivity index (χ1) is 13.5. The molecule has 28 heavy (non-hydrogen) atoms. The number of hydrogen-bond acceptors (Lipinski definition) is 5. The highest BCUT2D eigenvalue weighted by atomic mass is 32.2. The molecular weight excluding hydrogens is 380 g/mol. The molecule has 0 saturated carbocycles. The van der Waals surface area contributed by atoms with Crippen molar-refractivity contribution in [1.29, 1.82) is 0 Å². The van der Waals surface area contributed by atoms with Crippen molar-refractivity contribution in [1.82, 2.24) is 5.32 Å². The zero-order valence-corrected chi connectivity index (χ0v) is 16.5. The first-order valence-electron chi connectivity index (χ1n) is 9.12. The standard InChI is InChI=1S/C20H24N2O5S/c1-22(28(24,25)19-7-3-2-4-8-19)16-9-11-17(12-10-16)27-15-20(23)21-14-18-6-5-13-26-18/h2-4,7-12,18H,5-6,13-15H2,1H3,(H,21,23)/t18-/m0/s1. The largest absolute Gasteiger partial charge is 0.484 e. The number of benzene rings is 2. The van der Waals surface area contributed by atoms with Gasteiger partial charge in [0.15, 0.2) is 6.61 Å². The van der Waals surface area contributed by atoms with E-state index in [0.717, 1.165) is 19.4 Å². The minimum absolute atomic E-state index is 0.0883. The molecule has 1 heterocycles. The Morgan fingerprint density at radius 1 is 1.18 bits per heavy atom. The predicted octanol–water partition coefficient (Wildman–Crippen LogP) is 2.19. The van der Waals surface area contributed by atoms with Crippen LogP contribution in [-0.2, 0) is 19.6 Å². The zero-order chi connectivity index (χ0) is 20.0. The predicted molar refractivity (Wildman–Crippen MR) is 106 cm³/mol. The third-order valence-corrected chi connectivity index (χ3v) is 6.32. The molecule has 3 rings (SSSR count). The second-order valence-corrected chi connectivity index (χ2v) is 8.48. The number of ether oxygens (including phenoxy) is 2. The maximum Gasteiger partial charge on any atom is 0.264 e. The van der Waals surface area contributed by atoms with Crippen LogP contribution < -0.4 is 14.4 Å². The summed E-state index contributed by atoms with van der Waals surface area (Å²) in [7, 11) is -2.13. The maximum absolute atomic E-state index is 12.6. The molecule has 2 aromatic rings. The van der Waals surface area contributed by atoms with Crippen molar-refractivity contribution in [3.05, 3.63) is 54.6 Å². The molecule has 1 atom stereocenters. The highest BCUT2D eigenvalue weighted by Gasteiger charge is 2.21. The van der Waals surface area contributed by atoms with Crippen molar-refractivity contribution in [3.63, 3.8) is 0 Å². The molecule has 0 bridgehead atoms. The second kappa shape index (κ2) is 9.07. The van der Waals surface area contributed by atoms with Gasteiger partial charge in [0, 0.05) is 20.2 Å². The van der Waals surface area contributed by atoms with Crippen LogP contribution in [0.15, 0.2) is 59.5 Å². The van der Waals surface area contributed by atoms with Gasteiger partial charge in [-0.1, -0.05) is 18.2 Å². The Morgan fingerprint density at radius 2 is 1.89 bits per heavy atom. The number of sulfonamides is 1. The molecule has 2 aromatic carbocycles. The Bertz CT molecular complexity index is 879. The van der Waals surface area contributed by atoms with Crippen LogP contribution in [0.1, 0.15) is 12.8 Å². The second-order valence-electron chi connectivity index (χ2n) is 6.51. The zero-order valence-electron chi connectivity index (χ0n) is 15.7. The average molecular weight is 404 g/mol. The quantitative estimate of drug-likeness (QED) is 0.729. The van der Waals surface area contributed by atoms with E-state index < -0.39 is 10.0 Å². The van der Waals surface area contributed by atoms with Crippen LogP contribution in [0, 0.1) is 0 Å². The molecule has 8 heteroatoms. The smallest absolute Gasteiger partial charge is 0.264 e. The minimum Gasteiger partial charge on any atom is -0.484 e. The molecule has 7 nitrogen and oxygen atoms in total. The van der Waals surface area contributed by atoms with E-state index >= 15 is 0 Å². The molecule has 1 aliphatic rings. The van der Waals surface area contributed by atoms with E-state index in [1.54, 1.807) is 54.6 Å². The molecule has 150 valence electrons. The Labute approximate surface area is 165 Å². The van der Waals surface area contributed by atoms with Crippen molar-refractivity contribution in [3.8, 4) is 5.75 Å². The van der Waals surface area contributed by atoms with Crippen LogP contribution >= 0.6 is 0 Å². The number of rotatable bonds is 8. The summed E-state index contributed by atoms with van der Waals surface area (Å²) in [4.78, 5) is 12.1. The van der Waals surface area contributed by atoms with Crippen molar-refractivity contribution in [2.24, 2.45) is 0 Å². The Hall–Kier alpha value is -2.58. The SMILES string of the molecule is CN(c1ccc(OCC(=O)NC[C@@H]2CCCO2)cc1)S(=O)(=O)c1ccccc1. The van der Waals surface area contributed by atoms with Crippen LogP contribution in [0.5, 0.6) is 5.75 Å². The summed E-state index contributed by atoms with van der Waals surface area (Å²) in [5.41, 5.74) is 0.499. The summed E-state index contributed by atoms with van der Waals surface area (Å²) in [5.74, 6) is 0.268. The number of nitrogens with zero attached hydrogens (tertiary/aromatic N) is 1. The maximum atomic E-state index is 12.6. The summed E-state index contributed by atoms with van der Waals surface area (Å²) in [6, 6.07) is 14.8. The molecule has 1 amide bonds. The Morgan fingerprint density at radius 3 is 2.54 bits per heavy atom. The number of nitrogens with one attached hydrogen (secondary N) is 1. The summed E-state index contributed by atoms with van der Waals surface area (Å²) in [6.45, 7) is 1.13. The third-order valence-electron chi connectivity index (χ3n) is 4.52. The van der Waals surface area contributed by atoms with E-state index in [4.69, 9.17) is 9.47 Å². The molecule has 0 radical (unpaired) electrons. The monoisotopic (exact) mass is 404 g/mol. The number of carbonyl (C=O) groups is 1. The van der Waals surface area contributed by atoms with Gasteiger partial charge in [0.05, 0.1) is 16.7 Å².